The summed E-state index contributed by atoms with van der Waals surface area (Å²) in [6.45, 7) is 5.45. The zero-order valence-corrected chi connectivity index (χ0v) is 15.3. The van der Waals surface area contributed by atoms with Crippen molar-refractivity contribution in [2.45, 2.75) is 44.6 Å². The van der Waals surface area contributed by atoms with Crippen molar-refractivity contribution >= 4 is 17.6 Å². The van der Waals surface area contributed by atoms with Gasteiger partial charge in [0.25, 0.3) is 0 Å². The van der Waals surface area contributed by atoms with Gasteiger partial charge in [0.05, 0.1) is 6.10 Å². The highest BCUT2D eigenvalue weighted by Crippen LogP contribution is 2.31. The Labute approximate surface area is 148 Å². The van der Waals surface area contributed by atoms with Crippen molar-refractivity contribution in [2.24, 2.45) is 0 Å². The van der Waals surface area contributed by atoms with Crippen LogP contribution >= 0.6 is 11.6 Å². The number of likely N-dealkylation sites (tertiary alicyclic amines) is 1. The SMILES string of the molecule is COC1CCCN(C(=O)NCC(C)(C)c2c(F)cccc2Cl)CC1. The molecule has 1 saturated heterocycles. The first-order chi connectivity index (χ1) is 11.3. The van der Waals surface area contributed by atoms with Crippen molar-refractivity contribution in [1.29, 1.82) is 0 Å². The fourth-order valence-corrected chi connectivity index (χ4v) is 3.56. The zero-order chi connectivity index (χ0) is 17.7. The minimum Gasteiger partial charge on any atom is -0.381 e. The van der Waals surface area contributed by atoms with Gasteiger partial charge in [0.15, 0.2) is 0 Å². The monoisotopic (exact) mass is 356 g/mol. The van der Waals surface area contributed by atoms with Gasteiger partial charge >= 0.3 is 6.03 Å². The second kappa shape index (κ2) is 8.17. The molecule has 0 spiro atoms. The number of carbonyl (C=O) groups is 1. The predicted octanol–water partition coefficient (Wildman–Crippen LogP) is 3.97. The van der Waals surface area contributed by atoms with Gasteiger partial charge < -0.3 is 15.0 Å². The van der Waals surface area contributed by atoms with Crippen LogP contribution in [0.4, 0.5) is 9.18 Å². The van der Waals surface area contributed by atoms with Gasteiger partial charge in [-0.3, -0.25) is 0 Å². The smallest absolute Gasteiger partial charge is 0.317 e. The van der Waals surface area contributed by atoms with Crippen LogP contribution in [0.5, 0.6) is 0 Å². The van der Waals surface area contributed by atoms with E-state index in [9.17, 15) is 9.18 Å². The van der Waals surface area contributed by atoms with Gasteiger partial charge in [0, 0.05) is 42.7 Å². The number of benzene rings is 1. The molecule has 1 N–H and O–H groups in total. The first-order valence-corrected chi connectivity index (χ1v) is 8.73. The van der Waals surface area contributed by atoms with E-state index in [-0.39, 0.29) is 18.0 Å². The summed E-state index contributed by atoms with van der Waals surface area (Å²) in [5, 5.41) is 3.31. The Morgan fingerprint density at radius 2 is 2.17 bits per heavy atom. The molecule has 0 aromatic heterocycles. The average Bonchev–Trinajstić information content (AvgIpc) is 2.78. The van der Waals surface area contributed by atoms with E-state index in [1.54, 1.807) is 24.1 Å². The van der Waals surface area contributed by atoms with Crippen molar-refractivity contribution in [1.82, 2.24) is 10.2 Å². The molecule has 1 heterocycles. The molecule has 4 nitrogen and oxygen atoms in total. The number of urea groups is 1. The van der Waals surface area contributed by atoms with Crippen molar-refractivity contribution in [2.75, 3.05) is 26.7 Å². The number of rotatable bonds is 4. The van der Waals surface area contributed by atoms with Crippen LogP contribution in [-0.4, -0.2) is 43.8 Å². The summed E-state index contributed by atoms with van der Waals surface area (Å²) < 4.78 is 19.5. The first kappa shape index (κ1) is 19.0. The molecule has 24 heavy (non-hydrogen) atoms. The topological polar surface area (TPSA) is 41.6 Å². The number of hydrogen-bond donors (Lipinski definition) is 1. The Morgan fingerprint density at radius 3 is 2.83 bits per heavy atom. The molecule has 0 saturated carbocycles. The number of nitrogens with zero attached hydrogens (tertiary/aromatic N) is 1. The van der Waals surface area contributed by atoms with Crippen LogP contribution < -0.4 is 5.32 Å². The van der Waals surface area contributed by atoms with E-state index < -0.39 is 5.41 Å². The van der Waals surface area contributed by atoms with Gasteiger partial charge in [0.1, 0.15) is 5.82 Å². The van der Waals surface area contributed by atoms with Gasteiger partial charge in [-0.15, -0.1) is 0 Å². The predicted molar refractivity (Wildman–Crippen MR) is 94.1 cm³/mol. The van der Waals surface area contributed by atoms with Gasteiger partial charge in [-0.1, -0.05) is 31.5 Å². The maximum absolute atomic E-state index is 14.1. The third-order valence-electron chi connectivity index (χ3n) is 4.62. The fraction of sp³-hybridized carbons (Fsp3) is 0.611. The molecule has 1 unspecified atom stereocenters. The molecule has 2 rings (SSSR count). The molecule has 1 aliphatic heterocycles. The van der Waals surface area contributed by atoms with Gasteiger partial charge in [0.2, 0.25) is 0 Å². The number of ether oxygens (including phenoxy) is 1. The lowest BCUT2D eigenvalue weighted by Gasteiger charge is -2.29. The second-order valence-electron chi connectivity index (χ2n) is 6.91. The first-order valence-electron chi connectivity index (χ1n) is 8.35. The average molecular weight is 357 g/mol. The highest BCUT2D eigenvalue weighted by atomic mass is 35.5. The fourth-order valence-electron chi connectivity index (χ4n) is 3.15. The maximum Gasteiger partial charge on any atom is 0.317 e. The van der Waals surface area contributed by atoms with E-state index in [2.05, 4.69) is 5.32 Å². The van der Waals surface area contributed by atoms with E-state index in [1.165, 1.54) is 6.07 Å². The molecular weight excluding hydrogens is 331 g/mol. The van der Waals surface area contributed by atoms with Crippen LogP contribution in [0.1, 0.15) is 38.7 Å². The summed E-state index contributed by atoms with van der Waals surface area (Å²) in [5.74, 6) is -0.348. The number of hydrogen-bond acceptors (Lipinski definition) is 2. The summed E-state index contributed by atoms with van der Waals surface area (Å²) >= 11 is 6.15. The zero-order valence-electron chi connectivity index (χ0n) is 14.6. The number of amides is 2. The minimum atomic E-state index is -0.598. The Morgan fingerprint density at radius 1 is 1.42 bits per heavy atom. The number of carbonyl (C=O) groups excluding carboxylic acids is 1. The number of halogens is 2. The van der Waals surface area contributed by atoms with Gasteiger partial charge in [-0.05, 0) is 31.4 Å². The highest BCUT2D eigenvalue weighted by Gasteiger charge is 2.28. The molecule has 2 amide bonds. The maximum atomic E-state index is 14.1. The molecule has 1 aromatic rings. The summed E-state index contributed by atoms with van der Waals surface area (Å²) in [4.78, 5) is 14.2. The molecular formula is C18H26ClFN2O2. The summed E-state index contributed by atoms with van der Waals surface area (Å²) in [6, 6.07) is 4.53. The van der Waals surface area contributed by atoms with Gasteiger partial charge in [-0.2, -0.15) is 0 Å². The lowest BCUT2D eigenvalue weighted by Crippen LogP contribution is -2.45. The summed E-state index contributed by atoms with van der Waals surface area (Å²) in [6.07, 6.45) is 2.95. The van der Waals surface area contributed by atoms with Crippen LogP contribution in [0.15, 0.2) is 18.2 Å². The summed E-state index contributed by atoms with van der Waals surface area (Å²) in [5.41, 5.74) is -0.166. The largest absolute Gasteiger partial charge is 0.381 e. The van der Waals surface area contributed by atoms with Crippen LogP contribution in [0.3, 0.4) is 0 Å². The number of nitrogens with one attached hydrogen (secondary N) is 1. The minimum absolute atomic E-state index is 0.118. The molecule has 0 bridgehead atoms. The Balaban J connectivity index is 1.97. The van der Waals surface area contributed by atoms with Crippen LogP contribution in [-0.2, 0) is 10.2 Å². The van der Waals surface area contributed by atoms with E-state index >= 15 is 0 Å². The molecule has 1 atom stereocenters. The summed E-state index contributed by atoms with van der Waals surface area (Å²) in [7, 11) is 1.71. The third-order valence-corrected chi connectivity index (χ3v) is 4.93. The quantitative estimate of drug-likeness (QED) is 0.887. The molecule has 1 aliphatic rings. The van der Waals surface area contributed by atoms with Crippen molar-refractivity contribution in [3.63, 3.8) is 0 Å². The lowest BCUT2D eigenvalue weighted by atomic mass is 9.84. The van der Waals surface area contributed by atoms with Crippen molar-refractivity contribution in [3.8, 4) is 0 Å². The molecule has 6 heteroatoms. The van der Waals surface area contributed by atoms with E-state index in [0.29, 0.717) is 30.2 Å². The molecule has 1 aromatic carbocycles. The molecule has 0 aliphatic carbocycles. The third kappa shape index (κ3) is 4.61. The Kier molecular flexibility index (Phi) is 6.47. The van der Waals surface area contributed by atoms with E-state index in [0.717, 1.165) is 19.3 Å². The number of methoxy groups -OCH3 is 1. The Bertz CT molecular complexity index is 560. The van der Waals surface area contributed by atoms with Crippen LogP contribution in [0, 0.1) is 5.82 Å². The van der Waals surface area contributed by atoms with Crippen LogP contribution in [0.25, 0.3) is 0 Å². The van der Waals surface area contributed by atoms with E-state index in [1.807, 2.05) is 13.8 Å². The Hall–Kier alpha value is -1.33. The van der Waals surface area contributed by atoms with Crippen molar-refractivity contribution in [3.05, 3.63) is 34.6 Å². The lowest BCUT2D eigenvalue weighted by molar-refractivity contribution is 0.0906. The van der Waals surface area contributed by atoms with Crippen LogP contribution in [0.2, 0.25) is 5.02 Å². The van der Waals surface area contributed by atoms with Gasteiger partial charge in [-0.25, -0.2) is 9.18 Å². The van der Waals surface area contributed by atoms with E-state index in [4.69, 9.17) is 16.3 Å². The standard InChI is InChI=1S/C18H26ClFN2O2/c1-18(2,16-14(19)7-4-8-15(16)20)12-21-17(23)22-10-5-6-13(24-3)9-11-22/h4,7-8,13H,5-6,9-12H2,1-3H3,(H,21,23). The second-order valence-corrected chi connectivity index (χ2v) is 7.32. The normalized spacial score (nSPS) is 19.0. The molecule has 134 valence electrons. The highest BCUT2D eigenvalue weighted by molar-refractivity contribution is 6.31. The van der Waals surface area contributed by atoms with Crippen molar-refractivity contribution < 1.29 is 13.9 Å². The molecule has 0 radical (unpaired) electrons. The molecule has 1 fully saturated rings.